The molecule has 6 rings (SSSR count). The van der Waals surface area contributed by atoms with Crippen molar-refractivity contribution < 1.29 is 19.2 Å². The molecule has 0 saturated carbocycles. The van der Waals surface area contributed by atoms with Crippen molar-refractivity contribution >= 4 is 57.1 Å². The van der Waals surface area contributed by atoms with E-state index in [4.69, 9.17) is 0 Å². The van der Waals surface area contributed by atoms with Crippen molar-refractivity contribution in [3.05, 3.63) is 69.1 Å². The zero-order valence-corrected chi connectivity index (χ0v) is 24.1. The van der Waals surface area contributed by atoms with Gasteiger partial charge in [0.2, 0.25) is 0 Å². The summed E-state index contributed by atoms with van der Waals surface area (Å²) in [6.45, 7) is 10.3. The van der Waals surface area contributed by atoms with Gasteiger partial charge in [-0.05, 0) is 68.1 Å². The fraction of sp³-hybridized carbons (Fsp3) is 0.290. The van der Waals surface area contributed by atoms with Crippen molar-refractivity contribution in [3.63, 3.8) is 0 Å². The first-order valence-corrected chi connectivity index (χ1v) is 14.8. The van der Waals surface area contributed by atoms with Crippen LogP contribution in [0, 0.1) is 19.8 Å². The van der Waals surface area contributed by atoms with Gasteiger partial charge in [0.1, 0.15) is 0 Å². The van der Waals surface area contributed by atoms with Gasteiger partial charge in [0.15, 0.2) is 0 Å². The van der Waals surface area contributed by atoms with Gasteiger partial charge in [0, 0.05) is 60.1 Å². The largest absolute Gasteiger partial charge is 0.274 e. The summed E-state index contributed by atoms with van der Waals surface area (Å²) in [5.41, 5.74) is 2.81. The molecule has 8 heteroatoms. The topological polar surface area (TPSA) is 74.8 Å². The summed E-state index contributed by atoms with van der Waals surface area (Å²) < 4.78 is 0. The van der Waals surface area contributed by atoms with E-state index in [2.05, 4.69) is 19.1 Å². The fourth-order valence-corrected chi connectivity index (χ4v) is 7.67. The van der Waals surface area contributed by atoms with Gasteiger partial charge in [0.05, 0.1) is 11.1 Å². The number of carbonyl (C=O) groups excluding carboxylic acids is 4. The third-order valence-electron chi connectivity index (χ3n) is 7.32. The summed E-state index contributed by atoms with van der Waals surface area (Å²) in [7, 11) is 0. The third kappa shape index (κ3) is 3.80. The first kappa shape index (κ1) is 25.6. The van der Waals surface area contributed by atoms with Crippen LogP contribution < -0.4 is 0 Å². The number of benzene rings is 2. The average molecular weight is 557 g/mol. The first-order valence-electron chi connectivity index (χ1n) is 13.2. The van der Waals surface area contributed by atoms with Crippen LogP contribution in [0.5, 0.6) is 0 Å². The highest BCUT2D eigenvalue weighted by atomic mass is 32.1. The van der Waals surface area contributed by atoms with Crippen molar-refractivity contribution in [3.8, 4) is 20.2 Å². The zero-order chi connectivity index (χ0) is 27.7. The van der Waals surface area contributed by atoms with Crippen LogP contribution in [0.15, 0.2) is 36.4 Å². The molecule has 2 aromatic carbocycles. The smallest absolute Gasteiger partial charge is 0.262 e. The molecule has 6 nitrogen and oxygen atoms in total. The van der Waals surface area contributed by atoms with E-state index < -0.39 is 0 Å². The summed E-state index contributed by atoms with van der Waals surface area (Å²) in [5.74, 6) is -1.42. The normalized spacial score (nSPS) is 14.9. The Labute approximate surface area is 234 Å². The highest BCUT2D eigenvalue weighted by molar-refractivity contribution is 7.23. The number of hydrogen-bond donors (Lipinski definition) is 0. The van der Waals surface area contributed by atoms with Crippen molar-refractivity contribution in [2.24, 2.45) is 5.92 Å². The Hall–Kier alpha value is -3.62. The van der Waals surface area contributed by atoms with Gasteiger partial charge in [0.25, 0.3) is 23.6 Å². The van der Waals surface area contributed by atoms with E-state index in [0.717, 1.165) is 14.6 Å². The number of rotatable bonds is 6. The van der Waals surface area contributed by atoms with E-state index in [1.54, 1.807) is 41.7 Å². The number of hydrogen-bond acceptors (Lipinski definition) is 6. The van der Waals surface area contributed by atoms with Crippen LogP contribution in [0.1, 0.15) is 79.1 Å². The molecule has 0 spiro atoms. The molecule has 0 unspecified atom stereocenters. The van der Waals surface area contributed by atoms with Crippen LogP contribution in [0.4, 0.5) is 0 Å². The highest BCUT2D eigenvalue weighted by Crippen LogP contribution is 2.46. The Morgan fingerprint density at radius 2 is 1.28 bits per heavy atom. The quantitative estimate of drug-likeness (QED) is 0.236. The first-order chi connectivity index (χ1) is 18.6. The molecule has 2 aliphatic rings. The molecular weight excluding hydrogens is 528 g/mol. The Kier molecular flexibility index (Phi) is 6.08. The van der Waals surface area contributed by atoms with Gasteiger partial charge in [-0.2, -0.15) is 0 Å². The van der Waals surface area contributed by atoms with Crippen LogP contribution in [-0.2, 0) is 0 Å². The molecule has 39 heavy (non-hydrogen) atoms. The zero-order valence-electron chi connectivity index (χ0n) is 22.5. The molecule has 4 heterocycles. The lowest BCUT2D eigenvalue weighted by atomic mass is 9.81. The molecule has 0 aliphatic carbocycles. The maximum Gasteiger partial charge on any atom is 0.262 e. The van der Waals surface area contributed by atoms with Crippen LogP contribution in [0.3, 0.4) is 0 Å². The van der Waals surface area contributed by atoms with Crippen LogP contribution in [0.25, 0.3) is 31.0 Å². The molecule has 0 fully saturated rings. The Balaban J connectivity index is 1.69. The van der Waals surface area contributed by atoms with Gasteiger partial charge < -0.3 is 0 Å². The second kappa shape index (κ2) is 9.24. The molecule has 4 amide bonds. The fourth-order valence-electron chi connectivity index (χ4n) is 5.68. The van der Waals surface area contributed by atoms with Gasteiger partial charge in [-0.15, -0.1) is 22.7 Å². The van der Waals surface area contributed by atoms with Gasteiger partial charge in [-0.25, -0.2) is 0 Å². The molecule has 0 saturated heterocycles. The van der Waals surface area contributed by atoms with Crippen LogP contribution in [0.2, 0.25) is 0 Å². The molecule has 0 bridgehead atoms. The second-order valence-corrected chi connectivity index (χ2v) is 13.0. The monoisotopic (exact) mass is 556 g/mol. The van der Waals surface area contributed by atoms with E-state index >= 15 is 0 Å². The number of aryl methyl sites for hydroxylation is 2. The summed E-state index contributed by atoms with van der Waals surface area (Å²) in [5, 5.41) is 0.862. The summed E-state index contributed by atoms with van der Waals surface area (Å²) in [4.78, 5) is 62.0. The van der Waals surface area contributed by atoms with Crippen LogP contribution >= 0.6 is 22.7 Å². The molecule has 198 valence electrons. The van der Waals surface area contributed by atoms with E-state index in [9.17, 15) is 19.2 Å². The van der Waals surface area contributed by atoms with Crippen LogP contribution in [-0.4, -0.2) is 46.5 Å². The van der Waals surface area contributed by atoms with Crippen molar-refractivity contribution in [1.29, 1.82) is 0 Å². The number of carbonyl (C=O) groups is 4. The van der Waals surface area contributed by atoms with Gasteiger partial charge >= 0.3 is 0 Å². The maximum absolute atomic E-state index is 14.0. The van der Waals surface area contributed by atoms with Crippen molar-refractivity contribution in [1.82, 2.24) is 9.80 Å². The summed E-state index contributed by atoms with van der Waals surface area (Å²) in [6.07, 6.45) is 0.627. The third-order valence-corrected chi connectivity index (χ3v) is 9.64. The minimum atomic E-state index is -0.382. The number of imide groups is 2. The predicted molar refractivity (Wildman–Crippen MR) is 156 cm³/mol. The Morgan fingerprint density at radius 1 is 0.692 bits per heavy atom. The summed E-state index contributed by atoms with van der Waals surface area (Å²) in [6, 6.07) is 11.7. The Bertz CT molecular complexity index is 1740. The average Bonchev–Trinajstić information content (AvgIpc) is 3.55. The van der Waals surface area contributed by atoms with Gasteiger partial charge in [-0.3, -0.25) is 29.0 Å². The van der Waals surface area contributed by atoms with E-state index in [1.807, 2.05) is 32.9 Å². The lowest BCUT2D eigenvalue weighted by Gasteiger charge is -2.34. The predicted octanol–water partition coefficient (Wildman–Crippen LogP) is 7.17. The number of nitrogens with zero attached hydrogens (tertiary/aromatic N) is 2. The molecule has 0 N–H and O–H groups in total. The van der Waals surface area contributed by atoms with Crippen molar-refractivity contribution in [2.45, 2.75) is 41.0 Å². The Morgan fingerprint density at radius 3 is 1.95 bits per heavy atom. The molecule has 0 radical (unpaired) electrons. The SMILES string of the molecule is CCCN1C(=O)c2cc(C)c3c4c(cc(-c5ccc(-c6ccc(C)s6)s5)c(c24)C1=O)C(=O)N(CC(C)C)C3=O. The minimum absolute atomic E-state index is 0.0898. The standard InChI is InChI=1S/C31H28N2O4S2/c1-6-11-32-28(34)19-12-16(4)24-25-20(29(35)33(30(24)36)14-15(2)3)13-18(27(26(19)25)31(32)37)21-9-10-23(39-21)22-8-7-17(5)38-22/h7-10,12-13,15H,6,11,14H2,1-5H3. The van der Waals surface area contributed by atoms with E-state index in [0.29, 0.717) is 63.7 Å². The molecule has 0 atom stereocenters. The number of thiophene rings is 2. The maximum atomic E-state index is 14.0. The minimum Gasteiger partial charge on any atom is -0.274 e. The lowest BCUT2D eigenvalue weighted by molar-refractivity contribution is 0.0578. The molecule has 4 aromatic rings. The number of amides is 4. The van der Waals surface area contributed by atoms with Gasteiger partial charge in [-0.1, -0.05) is 20.8 Å². The molecular formula is C31H28N2O4S2. The lowest BCUT2D eigenvalue weighted by Crippen LogP contribution is -2.45. The highest BCUT2D eigenvalue weighted by Gasteiger charge is 2.42. The molecule has 2 aromatic heterocycles. The van der Waals surface area contributed by atoms with E-state index in [1.165, 1.54) is 14.7 Å². The summed E-state index contributed by atoms with van der Waals surface area (Å²) >= 11 is 3.26. The van der Waals surface area contributed by atoms with Crippen molar-refractivity contribution in [2.75, 3.05) is 13.1 Å². The van der Waals surface area contributed by atoms with E-state index in [-0.39, 0.29) is 29.5 Å². The second-order valence-electron chi connectivity index (χ2n) is 10.7. The molecule has 2 aliphatic heterocycles.